The molecule has 3 aromatic rings. The van der Waals surface area contributed by atoms with Crippen LogP contribution in [-0.4, -0.2) is 78.3 Å². The maximum Gasteiger partial charge on any atom is 0.264 e. The summed E-state index contributed by atoms with van der Waals surface area (Å²) in [6.45, 7) is 3.60. The van der Waals surface area contributed by atoms with Gasteiger partial charge in [-0.3, -0.25) is 14.5 Å². The fourth-order valence-electron chi connectivity index (χ4n) is 4.67. The van der Waals surface area contributed by atoms with Gasteiger partial charge in [-0.15, -0.1) is 11.3 Å². The average molecular weight is 539 g/mol. The van der Waals surface area contributed by atoms with Crippen LogP contribution in [0.2, 0.25) is 0 Å². The van der Waals surface area contributed by atoms with Gasteiger partial charge in [0.05, 0.1) is 29.8 Å². The third kappa shape index (κ3) is 5.98. The van der Waals surface area contributed by atoms with Gasteiger partial charge in [0.15, 0.2) is 0 Å². The van der Waals surface area contributed by atoms with Gasteiger partial charge >= 0.3 is 0 Å². The maximum atomic E-state index is 14.6. The minimum atomic E-state index is -0.546. The van der Waals surface area contributed by atoms with Crippen molar-refractivity contribution in [2.45, 2.75) is 12.5 Å². The van der Waals surface area contributed by atoms with Crippen LogP contribution in [0.25, 0.3) is 0 Å². The molecule has 0 bridgehead atoms. The molecule has 0 radical (unpaired) electrons. The number of carbonyl (C=O) groups excluding carboxylic acids is 2. The summed E-state index contributed by atoms with van der Waals surface area (Å²) in [6.07, 6.45) is 0.269. The molecule has 3 heterocycles. The maximum absolute atomic E-state index is 14.6. The predicted octanol–water partition coefficient (Wildman–Crippen LogP) is 4.18. The number of amides is 2. The quantitative estimate of drug-likeness (QED) is 0.432. The summed E-state index contributed by atoms with van der Waals surface area (Å²) in [5, 5.41) is 7.67. The molecule has 1 fully saturated rings. The summed E-state index contributed by atoms with van der Waals surface area (Å²) in [4.78, 5) is 31.4. The van der Waals surface area contributed by atoms with Crippen molar-refractivity contribution in [3.05, 3.63) is 93.7 Å². The van der Waals surface area contributed by atoms with Crippen molar-refractivity contribution >= 4 is 28.9 Å². The van der Waals surface area contributed by atoms with Crippen molar-refractivity contribution in [3.8, 4) is 0 Å². The molecule has 2 aliphatic rings. The van der Waals surface area contributed by atoms with E-state index in [1.807, 2.05) is 5.38 Å². The number of hydrogen-bond donors (Lipinski definition) is 0. The zero-order chi connectivity index (χ0) is 26.5. The number of hydrogen-bond acceptors (Lipinski definition) is 6. The van der Waals surface area contributed by atoms with Gasteiger partial charge in [-0.1, -0.05) is 36.4 Å². The molecule has 0 saturated carbocycles. The molecule has 7 nitrogen and oxygen atoms in total. The molecule has 10 heteroatoms. The molecule has 1 unspecified atom stereocenters. The van der Waals surface area contributed by atoms with Crippen LogP contribution in [0, 0.1) is 11.6 Å². The lowest BCUT2D eigenvalue weighted by Gasteiger charge is -2.31. The first-order chi connectivity index (χ1) is 18.5. The normalized spacial score (nSPS) is 17.9. The lowest BCUT2D eigenvalue weighted by Crippen LogP contribution is -2.46. The molecule has 1 saturated heterocycles. The molecule has 1 atom stereocenters. The van der Waals surface area contributed by atoms with Crippen molar-refractivity contribution in [1.29, 1.82) is 0 Å². The van der Waals surface area contributed by atoms with Gasteiger partial charge in [0, 0.05) is 38.2 Å². The fraction of sp³-hybridized carbons (Fsp3) is 0.321. The minimum Gasteiger partial charge on any atom is -0.379 e. The number of rotatable bonds is 8. The standard InChI is InChI=1S/C28H28F2N4O3S/c29-21-9-7-20(8-10-21)25-18-24(22-4-1-2-5-23(22)30)31-34(25)27(35)19-33(28(36)26-6-3-17-38-26)12-11-32-13-15-37-16-14-32/h1-10,17,25H,11-16,18-19H2. The fourth-order valence-corrected chi connectivity index (χ4v) is 5.36. The second-order valence-electron chi connectivity index (χ2n) is 9.19. The Morgan fingerprint density at radius 1 is 1.03 bits per heavy atom. The molecule has 5 rings (SSSR count). The van der Waals surface area contributed by atoms with E-state index in [9.17, 15) is 18.4 Å². The minimum absolute atomic E-state index is 0.188. The van der Waals surface area contributed by atoms with E-state index in [1.165, 1.54) is 34.5 Å². The SMILES string of the molecule is O=C(c1cccs1)N(CCN1CCOCC1)CC(=O)N1N=C(c2ccccc2F)CC1c1ccc(F)cc1. The van der Waals surface area contributed by atoms with Crippen LogP contribution in [0.1, 0.15) is 33.3 Å². The number of halogens is 2. The van der Waals surface area contributed by atoms with Crippen molar-refractivity contribution in [3.63, 3.8) is 0 Å². The van der Waals surface area contributed by atoms with E-state index in [1.54, 1.807) is 47.4 Å². The van der Waals surface area contributed by atoms with Crippen molar-refractivity contribution in [2.24, 2.45) is 5.10 Å². The second-order valence-corrected chi connectivity index (χ2v) is 10.1. The van der Waals surface area contributed by atoms with Crippen LogP contribution in [0.3, 0.4) is 0 Å². The van der Waals surface area contributed by atoms with Crippen LogP contribution in [0.15, 0.2) is 71.1 Å². The van der Waals surface area contributed by atoms with Gasteiger partial charge in [-0.25, -0.2) is 13.8 Å². The van der Waals surface area contributed by atoms with Gasteiger partial charge in [0.2, 0.25) is 0 Å². The molecule has 0 aliphatic carbocycles. The lowest BCUT2D eigenvalue weighted by atomic mass is 9.98. The Morgan fingerprint density at radius 2 is 1.79 bits per heavy atom. The Balaban J connectivity index is 1.40. The summed E-state index contributed by atoms with van der Waals surface area (Å²) < 4.78 is 33.7. The van der Waals surface area contributed by atoms with E-state index < -0.39 is 23.6 Å². The Hall–Kier alpha value is -3.47. The van der Waals surface area contributed by atoms with Gasteiger partial charge in [-0.05, 0) is 35.2 Å². The highest BCUT2D eigenvalue weighted by atomic mass is 32.1. The molecular formula is C28H28F2N4O3S. The van der Waals surface area contributed by atoms with E-state index in [2.05, 4.69) is 10.0 Å². The van der Waals surface area contributed by atoms with Crippen LogP contribution >= 0.6 is 11.3 Å². The van der Waals surface area contributed by atoms with E-state index >= 15 is 0 Å². The Labute approximate surface area is 223 Å². The molecule has 1 aromatic heterocycles. The highest BCUT2D eigenvalue weighted by Crippen LogP contribution is 2.33. The van der Waals surface area contributed by atoms with E-state index in [-0.39, 0.29) is 18.9 Å². The van der Waals surface area contributed by atoms with E-state index in [4.69, 9.17) is 4.74 Å². The van der Waals surface area contributed by atoms with Gasteiger partial charge < -0.3 is 9.64 Å². The Bertz CT molecular complexity index is 1290. The van der Waals surface area contributed by atoms with Crippen LogP contribution in [0.4, 0.5) is 8.78 Å². The Kier molecular flexibility index (Phi) is 8.21. The van der Waals surface area contributed by atoms with Crippen LogP contribution in [0.5, 0.6) is 0 Å². The number of carbonyl (C=O) groups is 2. The molecular weight excluding hydrogens is 510 g/mol. The molecule has 0 spiro atoms. The van der Waals surface area contributed by atoms with Crippen molar-refractivity contribution < 1.29 is 23.1 Å². The number of nitrogens with zero attached hydrogens (tertiary/aromatic N) is 4. The molecule has 2 aliphatic heterocycles. The number of thiophene rings is 1. The molecule has 2 aromatic carbocycles. The summed E-state index contributed by atoms with van der Waals surface area (Å²) in [7, 11) is 0. The van der Waals surface area contributed by atoms with Crippen molar-refractivity contribution in [2.75, 3.05) is 45.9 Å². The zero-order valence-corrected chi connectivity index (χ0v) is 21.6. The highest BCUT2D eigenvalue weighted by molar-refractivity contribution is 7.12. The number of hydrazone groups is 1. The molecule has 2 amide bonds. The summed E-state index contributed by atoms with van der Waals surface area (Å²) >= 11 is 1.32. The first kappa shape index (κ1) is 26.1. The predicted molar refractivity (Wildman–Crippen MR) is 141 cm³/mol. The number of ether oxygens (including phenoxy) is 1. The zero-order valence-electron chi connectivity index (χ0n) is 20.8. The van der Waals surface area contributed by atoms with Gasteiger partial charge in [0.25, 0.3) is 11.8 Å². The van der Waals surface area contributed by atoms with E-state index in [0.29, 0.717) is 48.0 Å². The Morgan fingerprint density at radius 3 is 2.50 bits per heavy atom. The van der Waals surface area contributed by atoms with Gasteiger partial charge in [-0.2, -0.15) is 5.10 Å². The largest absolute Gasteiger partial charge is 0.379 e. The number of benzene rings is 2. The smallest absolute Gasteiger partial charge is 0.264 e. The topological polar surface area (TPSA) is 65.5 Å². The monoisotopic (exact) mass is 538 g/mol. The second kappa shape index (κ2) is 11.9. The molecule has 38 heavy (non-hydrogen) atoms. The molecule has 198 valence electrons. The summed E-state index contributed by atoms with van der Waals surface area (Å²) in [5.74, 6) is -1.44. The summed E-state index contributed by atoms with van der Waals surface area (Å²) in [6, 6.07) is 15.1. The average Bonchev–Trinajstić information content (AvgIpc) is 3.63. The van der Waals surface area contributed by atoms with E-state index in [0.717, 1.165) is 13.1 Å². The first-order valence-corrected chi connectivity index (χ1v) is 13.4. The third-order valence-corrected chi connectivity index (χ3v) is 7.60. The first-order valence-electron chi connectivity index (χ1n) is 12.5. The number of morpholine rings is 1. The highest BCUT2D eigenvalue weighted by Gasteiger charge is 2.35. The van der Waals surface area contributed by atoms with Crippen LogP contribution < -0.4 is 0 Å². The lowest BCUT2D eigenvalue weighted by molar-refractivity contribution is -0.133. The molecule has 0 N–H and O–H groups in total. The van der Waals surface area contributed by atoms with Gasteiger partial charge in [0.1, 0.15) is 18.2 Å². The van der Waals surface area contributed by atoms with Crippen LogP contribution in [-0.2, 0) is 9.53 Å². The summed E-state index contributed by atoms with van der Waals surface area (Å²) in [5.41, 5.74) is 1.42. The third-order valence-electron chi connectivity index (χ3n) is 6.74. The van der Waals surface area contributed by atoms with Crippen molar-refractivity contribution in [1.82, 2.24) is 14.8 Å².